The fourth-order valence-electron chi connectivity index (χ4n) is 3.10. The Morgan fingerprint density at radius 2 is 1.92 bits per heavy atom. The molecule has 0 bridgehead atoms. The van der Waals surface area contributed by atoms with Gasteiger partial charge >= 0.3 is 0 Å². The van der Waals surface area contributed by atoms with E-state index in [1.54, 1.807) is 6.26 Å². The van der Waals surface area contributed by atoms with E-state index in [2.05, 4.69) is 31.0 Å². The summed E-state index contributed by atoms with van der Waals surface area (Å²) in [6.07, 6.45) is 1.69. The number of piperazine rings is 1. The monoisotopic (exact) mass is 414 g/mol. The predicted octanol–water partition coefficient (Wildman–Crippen LogP) is 3.39. The van der Waals surface area contributed by atoms with Gasteiger partial charge in [-0.05, 0) is 30.3 Å². The number of halogens is 1. The number of furan rings is 1. The van der Waals surface area contributed by atoms with Crippen LogP contribution in [0.2, 0.25) is 0 Å². The molecule has 26 heavy (non-hydrogen) atoms. The summed E-state index contributed by atoms with van der Waals surface area (Å²) < 4.78 is 6.41. The van der Waals surface area contributed by atoms with Crippen LogP contribution in [0.4, 0.5) is 0 Å². The van der Waals surface area contributed by atoms with Crippen LogP contribution in [0, 0.1) is 0 Å². The van der Waals surface area contributed by atoms with E-state index in [9.17, 15) is 4.79 Å². The molecule has 1 aromatic carbocycles. The van der Waals surface area contributed by atoms with Gasteiger partial charge in [0, 0.05) is 36.2 Å². The van der Waals surface area contributed by atoms with E-state index in [0.717, 1.165) is 41.1 Å². The standard InChI is InChI=1S/C19H19BrN4O2/c20-15-5-3-14(4-6-15)17-12-18(22-21-17)19(25)24-9-7-23(8-10-24)13-16-2-1-11-26-16/h1-6,11-12H,7-10,13H2,(H,21,22). The van der Waals surface area contributed by atoms with Crippen molar-refractivity contribution < 1.29 is 9.21 Å². The highest BCUT2D eigenvalue weighted by atomic mass is 79.9. The lowest BCUT2D eigenvalue weighted by atomic mass is 10.1. The highest BCUT2D eigenvalue weighted by Gasteiger charge is 2.24. The normalized spacial score (nSPS) is 15.3. The Hall–Kier alpha value is -2.38. The molecule has 0 spiro atoms. The number of aromatic amines is 1. The van der Waals surface area contributed by atoms with Gasteiger partial charge in [-0.2, -0.15) is 5.10 Å². The molecule has 3 heterocycles. The molecule has 3 aromatic rings. The fraction of sp³-hybridized carbons (Fsp3) is 0.263. The number of nitrogens with one attached hydrogen (secondary N) is 1. The summed E-state index contributed by atoms with van der Waals surface area (Å²) in [5.41, 5.74) is 2.28. The summed E-state index contributed by atoms with van der Waals surface area (Å²) in [7, 11) is 0. The zero-order valence-corrected chi connectivity index (χ0v) is 15.8. The average Bonchev–Trinajstić information content (AvgIpc) is 3.34. The molecule has 0 radical (unpaired) electrons. The summed E-state index contributed by atoms with van der Waals surface area (Å²) in [4.78, 5) is 16.9. The van der Waals surface area contributed by atoms with Crippen LogP contribution in [0.15, 0.2) is 57.6 Å². The van der Waals surface area contributed by atoms with E-state index in [1.807, 2.05) is 47.4 Å². The quantitative estimate of drug-likeness (QED) is 0.710. The molecular weight excluding hydrogens is 396 g/mol. The molecule has 1 aliphatic rings. The minimum atomic E-state index is -0.00138. The molecule has 1 aliphatic heterocycles. The Balaban J connectivity index is 1.37. The topological polar surface area (TPSA) is 65.4 Å². The van der Waals surface area contributed by atoms with Gasteiger partial charge in [0.15, 0.2) is 0 Å². The van der Waals surface area contributed by atoms with E-state index in [0.29, 0.717) is 18.8 Å². The Kier molecular flexibility index (Phi) is 4.90. The smallest absolute Gasteiger partial charge is 0.271 e. The van der Waals surface area contributed by atoms with Crippen molar-refractivity contribution in [2.75, 3.05) is 26.2 Å². The molecule has 0 atom stereocenters. The van der Waals surface area contributed by atoms with Crippen LogP contribution >= 0.6 is 15.9 Å². The number of carbonyl (C=O) groups excluding carboxylic acids is 1. The van der Waals surface area contributed by atoms with E-state index < -0.39 is 0 Å². The Bertz CT molecular complexity index is 865. The third-order valence-electron chi connectivity index (χ3n) is 4.57. The minimum absolute atomic E-state index is 0.00138. The number of rotatable bonds is 4. The molecule has 1 saturated heterocycles. The second-order valence-electron chi connectivity index (χ2n) is 6.32. The number of H-pyrrole nitrogens is 1. The van der Waals surface area contributed by atoms with Gasteiger partial charge in [0.25, 0.3) is 5.91 Å². The Morgan fingerprint density at radius 3 is 2.62 bits per heavy atom. The number of amides is 1. The maximum Gasteiger partial charge on any atom is 0.271 e. The van der Waals surface area contributed by atoms with Crippen LogP contribution in [0.3, 0.4) is 0 Å². The van der Waals surface area contributed by atoms with Crippen molar-refractivity contribution >= 4 is 21.8 Å². The molecule has 134 valence electrons. The lowest BCUT2D eigenvalue weighted by molar-refractivity contribution is 0.0614. The first-order valence-electron chi connectivity index (χ1n) is 8.54. The summed E-state index contributed by atoms with van der Waals surface area (Å²) in [6, 6.07) is 13.6. The predicted molar refractivity (Wildman–Crippen MR) is 102 cm³/mol. The molecular formula is C19H19BrN4O2. The molecule has 1 N–H and O–H groups in total. The number of aromatic nitrogens is 2. The van der Waals surface area contributed by atoms with Crippen molar-refractivity contribution in [2.45, 2.75) is 6.54 Å². The van der Waals surface area contributed by atoms with E-state index >= 15 is 0 Å². The maximum absolute atomic E-state index is 12.7. The van der Waals surface area contributed by atoms with Gasteiger partial charge in [-0.1, -0.05) is 28.1 Å². The zero-order valence-electron chi connectivity index (χ0n) is 14.2. The molecule has 6 nitrogen and oxygen atoms in total. The van der Waals surface area contributed by atoms with Crippen molar-refractivity contribution in [3.63, 3.8) is 0 Å². The third kappa shape index (κ3) is 3.73. The van der Waals surface area contributed by atoms with Crippen molar-refractivity contribution in [1.29, 1.82) is 0 Å². The molecule has 1 amide bonds. The molecule has 2 aromatic heterocycles. The maximum atomic E-state index is 12.7. The first-order valence-corrected chi connectivity index (χ1v) is 9.34. The highest BCUT2D eigenvalue weighted by Crippen LogP contribution is 2.21. The SMILES string of the molecule is O=C(c1cc(-c2ccc(Br)cc2)n[nH]1)N1CCN(Cc2ccco2)CC1. The first-order chi connectivity index (χ1) is 12.7. The number of carbonyl (C=O) groups is 1. The second kappa shape index (κ2) is 7.47. The molecule has 7 heteroatoms. The summed E-state index contributed by atoms with van der Waals surface area (Å²) in [5.74, 6) is 0.955. The van der Waals surface area contributed by atoms with Crippen LogP contribution in [0.25, 0.3) is 11.3 Å². The van der Waals surface area contributed by atoms with E-state index in [1.165, 1.54) is 0 Å². The Morgan fingerprint density at radius 1 is 1.15 bits per heavy atom. The zero-order chi connectivity index (χ0) is 17.9. The summed E-state index contributed by atoms with van der Waals surface area (Å²) in [6.45, 7) is 3.85. The van der Waals surface area contributed by atoms with Gasteiger partial charge in [0.05, 0.1) is 18.5 Å². The van der Waals surface area contributed by atoms with Crippen molar-refractivity contribution in [2.24, 2.45) is 0 Å². The number of benzene rings is 1. The van der Waals surface area contributed by atoms with Crippen molar-refractivity contribution in [3.8, 4) is 11.3 Å². The van der Waals surface area contributed by atoms with Crippen LogP contribution in [-0.4, -0.2) is 52.1 Å². The molecule has 1 fully saturated rings. The molecule has 4 rings (SSSR count). The number of hydrogen-bond donors (Lipinski definition) is 1. The third-order valence-corrected chi connectivity index (χ3v) is 5.10. The van der Waals surface area contributed by atoms with Gasteiger partial charge in [0.1, 0.15) is 11.5 Å². The molecule has 0 saturated carbocycles. The van der Waals surface area contributed by atoms with Gasteiger partial charge in [-0.3, -0.25) is 14.8 Å². The minimum Gasteiger partial charge on any atom is -0.468 e. The van der Waals surface area contributed by atoms with Crippen LogP contribution in [-0.2, 0) is 6.54 Å². The summed E-state index contributed by atoms with van der Waals surface area (Å²) in [5, 5.41) is 7.17. The lowest BCUT2D eigenvalue weighted by Crippen LogP contribution is -2.48. The second-order valence-corrected chi connectivity index (χ2v) is 7.24. The van der Waals surface area contributed by atoms with E-state index in [-0.39, 0.29) is 5.91 Å². The van der Waals surface area contributed by atoms with E-state index in [4.69, 9.17) is 4.42 Å². The largest absolute Gasteiger partial charge is 0.468 e. The fourth-order valence-corrected chi connectivity index (χ4v) is 3.37. The van der Waals surface area contributed by atoms with Gasteiger partial charge in [-0.15, -0.1) is 0 Å². The van der Waals surface area contributed by atoms with Crippen molar-refractivity contribution in [3.05, 3.63) is 64.7 Å². The Labute approximate surface area is 159 Å². The van der Waals surface area contributed by atoms with Crippen LogP contribution in [0.5, 0.6) is 0 Å². The molecule has 0 unspecified atom stereocenters. The summed E-state index contributed by atoms with van der Waals surface area (Å²) >= 11 is 3.42. The number of hydrogen-bond acceptors (Lipinski definition) is 4. The van der Waals surface area contributed by atoms with Gasteiger partial charge in [0.2, 0.25) is 0 Å². The first kappa shape index (κ1) is 17.1. The molecule has 0 aliphatic carbocycles. The highest BCUT2D eigenvalue weighted by molar-refractivity contribution is 9.10. The lowest BCUT2D eigenvalue weighted by Gasteiger charge is -2.33. The average molecular weight is 415 g/mol. The van der Waals surface area contributed by atoms with Gasteiger partial charge in [-0.25, -0.2) is 0 Å². The van der Waals surface area contributed by atoms with Crippen LogP contribution in [0.1, 0.15) is 16.2 Å². The van der Waals surface area contributed by atoms with Crippen molar-refractivity contribution in [1.82, 2.24) is 20.0 Å². The van der Waals surface area contributed by atoms with Gasteiger partial charge < -0.3 is 9.32 Å². The number of nitrogens with zero attached hydrogens (tertiary/aromatic N) is 3. The van der Waals surface area contributed by atoms with Crippen LogP contribution < -0.4 is 0 Å².